The molecule has 0 unspecified atom stereocenters. The summed E-state index contributed by atoms with van der Waals surface area (Å²) in [4.78, 5) is 36.3. The van der Waals surface area contributed by atoms with E-state index >= 15 is 0 Å². The molecule has 19 heavy (non-hydrogen) atoms. The maximum absolute atomic E-state index is 11.8. The van der Waals surface area contributed by atoms with E-state index < -0.39 is 0 Å². The van der Waals surface area contributed by atoms with Crippen LogP contribution in [-0.2, 0) is 0 Å². The molecule has 5 nitrogen and oxygen atoms in total. The molecule has 0 bridgehead atoms. The summed E-state index contributed by atoms with van der Waals surface area (Å²) in [5, 5.41) is 2.67. The molecule has 0 fully saturated rings. The second-order valence-corrected chi connectivity index (χ2v) is 4.03. The van der Waals surface area contributed by atoms with Crippen molar-refractivity contribution in [1.82, 2.24) is 4.98 Å². The van der Waals surface area contributed by atoms with Gasteiger partial charge in [0.05, 0.1) is 5.56 Å². The highest BCUT2D eigenvalue weighted by Crippen LogP contribution is 2.11. The Morgan fingerprint density at radius 3 is 2.16 bits per heavy atom. The summed E-state index contributed by atoms with van der Waals surface area (Å²) in [6.07, 6.45) is 1.35. The van der Waals surface area contributed by atoms with E-state index in [1.54, 1.807) is 24.3 Å². The number of benzene rings is 1. The van der Waals surface area contributed by atoms with Crippen LogP contribution in [0, 0.1) is 0 Å². The van der Waals surface area contributed by atoms with Crippen molar-refractivity contribution in [3.05, 3.63) is 64.1 Å². The number of nitrogens with one attached hydrogen (secondary N) is 2. The van der Waals surface area contributed by atoms with Crippen molar-refractivity contribution in [2.75, 3.05) is 5.32 Å². The minimum atomic E-state index is -0.327. The second kappa shape index (κ2) is 5.30. The molecule has 0 radical (unpaired) electrons. The molecule has 0 aliphatic heterocycles. The van der Waals surface area contributed by atoms with Crippen molar-refractivity contribution in [2.24, 2.45) is 0 Å². The van der Waals surface area contributed by atoms with E-state index in [9.17, 15) is 14.4 Å². The van der Waals surface area contributed by atoms with Gasteiger partial charge in [-0.3, -0.25) is 14.4 Å². The van der Waals surface area contributed by atoms with E-state index in [4.69, 9.17) is 0 Å². The van der Waals surface area contributed by atoms with Crippen LogP contribution in [0.25, 0.3) is 0 Å². The smallest absolute Gasteiger partial charge is 0.257 e. The first-order chi connectivity index (χ1) is 9.06. The standard InChI is InChI=1S/C14H12N2O3/c1-9(17)10-2-5-12(6-3-10)16-14(19)11-4-7-13(18)15-8-11/h2-8H,1H3,(H,15,18)(H,16,19). The van der Waals surface area contributed by atoms with Gasteiger partial charge < -0.3 is 10.3 Å². The number of Topliss-reactive ketones (excluding diaryl/α,β-unsaturated/α-hetero) is 1. The van der Waals surface area contributed by atoms with Gasteiger partial charge in [0, 0.05) is 23.5 Å². The zero-order chi connectivity index (χ0) is 13.8. The predicted molar refractivity (Wildman–Crippen MR) is 71.5 cm³/mol. The molecule has 0 spiro atoms. The summed E-state index contributed by atoms with van der Waals surface area (Å²) in [6.45, 7) is 1.48. The molecule has 0 saturated carbocycles. The lowest BCUT2D eigenvalue weighted by Crippen LogP contribution is -2.14. The van der Waals surface area contributed by atoms with Crippen LogP contribution in [0.4, 0.5) is 5.69 Å². The maximum Gasteiger partial charge on any atom is 0.257 e. The lowest BCUT2D eigenvalue weighted by atomic mass is 10.1. The Balaban J connectivity index is 2.12. The Morgan fingerprint density at radius 1 is 1.00 bits per heavy atom. The Kier molecular flexibility index (Phi) is 3.56. The van der Waals surface area contributed by atoms with Crippen LogP contribution >= 0.6 is 0 Å². The fourth-order valence-electron chi connectivity index (χ4n) is 1.54. The molecule has 0 aliphatic rings. The fourth-order valence-corrected chi connectivity index (χ4v) is 1.54. The number of aromatic amines is 1. The Hall–Kier alpha value is -2.69. The van der Waals surface area contributed by atoms with Crippen molar-refractivity contribution in [3.63, 3.8) is 0 Å². The third kappa shape index (κ3) is 3.16. The molecule has 1 aromatic carbocycles. The average molecular weight is 256 g/mol. The van der Waals surface area contributed by atoms with Gasteiger partial charge in [-0.15, -0.1) is 0 Å². The van der Waals surface area contributed by atoms with E-state index in [1.807, 2.05) is 0 Å². The van der Waals surface area contributed by atoms with Gasteiger partial charge in [0.2, 0.25) is 5.56 Å². The molecule has 0 saturated heterocycles. The Labute approximate surface area is 109 Å². The molecule has 0 atom stereocenters. The second-order valence-electron chi connectivity index (χ2n) is 4.03. The number of H-pyrrole nitrogens is 1. The number of carbonyl (C=O) groups is 2. The largest absolute Gasteiger partial charge is 0.328 e. The third-order valence-corrected chi connectivity index (χ3v) is 2.60. The van der Waals surface area contributed by atoms with E-state index in [0.717, 1.165) is 0 Å². The van der Waals surface area contributed by atoms with Gasteiger partial charge in [0.15, 0.2) is 5.78 Å². The summed E-state index contributed by atoms with van der Waals surface area (Å²) in [7, 11) is 0. The molecule has 96 valence electrons. The van der Waals surface area contributed by atoms with Crippen molar-refractivity contribution in [2.45, 2.75) is 6.92 Å². The van der Waals surface area contributed by atoms with Gasteiger partial charge in [0.1, 0.15) is 0 Å². The minimum absolute atomic E-state index is 0.0292. The average Bonchev–Trinajstić information content (AvgIpc) is 2.40. The monoisotopic (exact) mass is 256 g/mol. The third-order valence-electron chi connectivity index (χ3n) is 2.60. The first-order valence-electron chi connectivity index (χ1n) is 5.67. The molecule has 2 N–H and O–H groups in total. The van der Waals surface area contributed by atoms with Crippen LogP contribution in [0.5, 0.6) is 0 Å². The number of carbonyl (C=O) groups excluding carboxylic acids is 2. The van der Waals surface area contributed by atoms with Crippen LogP contribution < -0.4 is 10.9 Å². The zero-order valence-electron chi connectivity index (χ0n) is 10.3. The number of pyridine rings is 1. The summed E-state index contributed by atoms with van der Waals surface area (Å²) in [5.74, 6) is -0.356. The highest BCUT2D eigenvalue weighted by Gasteiger charge is 2.06. The summed E-state index contributed by atoms with van der Waals surface area (Å²) in [5.41, 5.74) is 1.26. The number of hydrogen-bond acceptors (Lipinski definition) is 3. The number of amides is 1. The number of hydrogen-bond donors (Lipinski definition) is 2. The fraction of sp³-hybridized carbons (Fsp3) is 0.0714. The molecule has 0 aliphatic carbocycles. The molecule has 1 aromatic heterocycles. The van der Waals surface area contributed by atoms with Crippen LogP contribution in [0.3, 0.4) is 0 Å². The molecular formula is C14H12N2O3. The lowest BCUT2D eigenvalue weighted by molar-refractivity contribution is 0.101. The van der Waals surface area contributed by atoms with Gasteiger partial charge in [-0.05, 0) is 37.3 Å². The summed E-state index contributed by atoms with van der Waals surface area (Å²) in [6, 6.07) is 9.32. The molecule has 2 aromatic rings. The number of anilines is 1. The predicted octanol–water partition coefficient (Wildman–Crippen LogP) is 1.83. The van der Waals surface area contributed by atoms with Gasteiger partial charge >= 0.3 is 0 Å². The highest BCUT2D eigenvalue weighted by atomic mass is 16.2. The molecule has 1 amide bonds. The molecule has 5 heteroatoms. The van der Waals surface area contributed by atoms with Gasteiger partial charge in [-0.25, -0.2) is 0 Å². The summed E-state index contributed by atoms with van der Waals surface area (Å²) < 4.78 is 0. The SMILES string of the molecule is CC(=O)c1ccc(NC(=O)c2ccc(=O)[nH]c2)cc1. The van der Waals surface area contributed by atoms with Crippen molar-refractivity contribution >= 4 is 17.4 Å². The Bertz CT molecular complexity index is 651. The molecule has 2 rings (SSSR count). The van der Waals surface area contributed by atoms with Gasteiger partial charge in [-0.2, -0.15) is 0 Å². The maximum atomic E-state index is 11.8. The first kappa shape index (κ1) is 12.8. The number of ketones is 1. The van der Waals surface area contributed by atoms with Gasteiger partial charge in [0.25, 0.3) is 5.91 Å². The highest BCUT2D eigenvalue weighted by molar-refractivity contribution is 6.04. The van der Waals surface area contributed by atoms with E-state index in [1.165, 1.54) is 25.3 Å². The van der Waals surface area contributed by atoms with E-state index in [0.29, 0.717) is 16.8 Å². The van der Waals surface area contributed by atoms with Crippen LogP contribution in [-0.4, -0.2) is 16.7 Å². The minimum Gasteiger partial charge on any atom is -0.328 e. The van der Waals surface area contributed by atoms with Crippen LogP contribution in [0.15, 0.2) is 47.4 Å². The van der Waals surface area contributed by atoms with Crippen LogP contribution in [0.2, 0.25) is 0 Å². The quantitative estimate of drug-likeness (QED) is 0.822. The Morgan fingerprint density at radius 2 is 1.63 bits per heavy atom. The molecule has 1 heterocycles. The molecular weight excluding hydrogens is 244 g/mol. The topological polar surface area (TPSA) is 79.0 Å². The normalized spacial score (nSPS) is 9.95. The van der Waals surface area contributed by atoms with E-state index in [2.05, 4.69) is 10.3 Å². The zero-order valence-corrected chi connectivity index (χ0v) is 10.3. The van der Waals surface area contributed by atoms with Crippen molar-refractivity contribution in [1.29, 1.82) is 0 Å². The van der Waals surface area contributed by atoms with Crippen molar-refractivity contribution < 1.29 is 9.59 Å². The van der Waals surface area contributed by atoms with E-state index in [-0.39, 0.29) is 17.2 Å². The van der Waals surface area contributed by atoms with Gasteiger partial charge in [-0.1, -0.05) is 0 Å². The number of rotatable bonds is 3. The number of aromatic nitrogens is 1. The van der Waals surface area contributed by atoms with Crippen molar-refractivity contribution in [3.8, 4) is 0 Å². The van der Waals surface area contributed by atoms with Crippen LogP contribution in [0.1, 0.15) is 27.6 Å². The first-order valence-corrected chi connectivity index (χ1v) is 5.67. The summed E-state index contributed by atoms with van der Waals surface area (Å²) >= 11 is 0. The lowest BCUT2D eigenvalue weighted by Gasteiger charge is -2.05.